The molecule has 1 heterocycles. The van der Waals surface area contributed by atoms with Crippen molar-refractivity contribution in [3.63, 3.8) is 0 Å². The van der Waals surface area contributed by atoms with Crippen LogP contribution in [0.25, 0.3) is 6.08 Å². The molecular formula is C15H16ClNO3. The second kappa shape index (κ2) is 6.09. The Kier molecular flexibility index (Phi) is 4.45. The number of halogens is 1. The van der Waals surface area contributed by atoms with E-state index in [4.69, 9.17) is 16.7 Å². The Morgan fingerprint density at radius 3 is 2.80 bits per heavy atom. The number of aliphatic carboxylic acids is 1. The summed E-state index contributed by atoms with van der Waals surface area (Å²) in [6.07, 6.45) is 3.68. The summed E-state index contributed by atoms with van der Waals surface area (Å²) in [5.74, 6) is -1.44. The lowest BCUT2D eigenvalue weighted by Gasteiger charge is -2.12. The number of nitrogens with zero attached hydrogens (tertiary/aromatic N) is 1. The third kappa shape index (κ3) is 3.39. The smallest absolute Gasteiger partial charge is 0.308 e. The van der Waals surface area contributed by atoms with Gasteiger partial charge >= 0.3 is 5.97 Å². The van der Waals surface area contributed by atoms with Crippen LogP contribution in [0.5, 0.6) is 0 Å². The summed E-state index contributed by atoms with van der Waals surface area (Å²) in [5, 5.41) is 9.57. The van der Waals surface area contributed by atoms with Crippen molar-refractivity contribution >= 4 is 29.6 Å². The average molecular weight is 294 g/mol. The molecule has 0 aromatic heterocycles. The zero-order valence-corrected chi connectivity index (χ0v) is 11.9. The molecule has 0 radical (unpaired) electrons. The number of carbonyl (C=O) groups excluding carboxylic acids is 1. The number of benzene rings is 1. The van der Waals surface area contributed by atoms with Crippen molar-refractivity contribution in [2.75, 3.05) is 13.1 Å². The molecule has 1 amide bonds. The van der Waals surface area contributed by atoms with Crippen LogP contribution >= 0.6 is 11.6 Å². The molecule has 0 spiro atoms. The molecule has 1 aliphatic heterocycles. The summed E-state index contributed by atoms with van der Waals surface area (Å²) in [6, 6.07) is 5.57. The van der Waals surface area contributed by atoms with Gasteiger partial charge in [0.05, 0.1) is 5.92 Å². The predicted molar refractivity (Wildman–Crippen MR) is 77.5 cm³/mol. The van der Waals surface area contributed by atoms with Gasteiger partial charge in [0.25, 0.3) is 0 Å². The van der Waals surface area contributed by atoms with E-state index < -0.39 is 11.9 Å². The van der Waals surface area contributed by atoms with Crippen molar-refractivity contribution in [1.29, 1.82) is 0 Å². The highest BCUT2D eigenvalue weighted by Gasteiger charge is 2.29. The van der Waals surface area contributed by atoms with E-state index in [1.165, 1.54) is 6.08 Å². The maximum atomic E-state index is 12.0. The van der Waals surface area contributed by atoms with Crippen molar-refractivity contribution < 1.29 is 14.7 Å². The van der Waals surface area contributed by atoms with Gasteiger partial charge in [-0.05, 0) is 36.6 Å². The average Bonchev–Trinajstić information content (AvgIpc) is 2.89. The standard InChI is InChI=1S/C15H16ClNO3/c1-10-2-3-11(8-13(10)16)4-5-14(18)17-7-6-12(9-17)15(19)20/h2-5,8,12H,6-7,9H2,1H3,(H,19,20)/b5-4+. The van der Waals surface area contributed by atoms with E-state index in [2.05, 4.69) is 0 Å². The highest BCUT2D eigenvalue weighted by molar-refractivity contribution is 6.31. The molecule has 1 aliphatic rings. The van der Waals surface area contributed by atoms with Gasteiger partial charge in [0.1, 0.15) is 0 Å². The fourth-order valence-corrected chi connectivity index (χ4v) is 2.34. The van der Waals surface area contributed by atoms with Crippen LogP contribution in [0.1, 0.15) is 17.5 Å². The van der Waals surface area contributed by atoms with Crippen LogP contribution in [0.4, 0.5) is 0 Å². The first-order valence-corrected chi connectivity index (χ1v) is 6.81. The molecule has 0 saturated carbocycles. The number of hydrogen-bond acceptors (Lipinski definition) is 2. The topological polar surface area (TPSA) is 57.6 Å². The van der Waals surface area contributed by atoms with Gasteiger partial charge in [-0.3, -0.25) is 9.59 Å². The maximum Gasteiger partial charge on any atom is 0.308 e. The van der Waals surface area contributed by atoms with Gasteiger partial charge in [-0.25, -0.2) is 0 Å². The number of carboxylic acid groups (broad SMARTS) is 1. The first kappa shape index (κ1) is 14.6. The second-order valence-electron chi connectivity index (χ2n) is 4.95. The Labute approximate surface area is 122 Å². The zero-order valence-electron chi connectivity index (χ0n) is 11.2. The Hall–Kier alpha value is -1.81. The summed E-state index contributed by atoms with van der Waals surface area (Å²) in [4.78, 5) is 24.4. The molecule has 20 heavy (non-hydrogen) atoms. The van der Waals surface area contributed by atoms with Gasteiger partial charge in [0.2, 0.25) is 5.91 Å². The van der Waals surface area contributed by atoms with Crippen molar-refractivity contribution in [3.8, 4) is 0 Å². The van der Waals surface area contributed by atoms with Gasteiger partial charge in [-0.2, -0.15) is 0 Å². The lowest BCUT2D eigenvalue weighted by atomic mass is 10.1. The van der Waals surface area contributed by atoms with Crippen molar-refractivity contribution in [1.82, 2.24) is 4.90 Å². The quantitative estimate of drug-likeness (QED) is 0.872. The minimum absolute atomic E-state index is 0.162. The molecule has 1 saturated heterocycles. The number of hydrogen-bond donors (Lipinski definition) is 1. The van der Waals surface area contributed by atoms with Crippen molar-refractivity contribution in [2.24, 2.45) is 5.92 Å². The highest BCUT2D eigenvalue weighted by Crippen LogP contribution is 2.19. The molecule has 4 nitrogen and oxygen atoms in total. The van der Waals surface area contributed by atoms with Gasteiger partial charge < -0.3 is 10.0 Å². The van der Waals surface area contributed by atoms with E-state index in [0.717, 1.165) is 11.1 Å². The van der Waals surface area contributed by atoms with Gasteiger partial charge in [-0.1, -0.05) is 23.7 Å². The number of rotatable bonds is 3. The molecule has 0 aliphatic carbocycles. The fraction of sp³-hybridized carbons (Fsp3) is 0.333. The van der Waals surface area contributed by atoms with Crippen molar-refractivity contribution in [3.05, 3.63) is 40.4 Å². The summed E-state index contributed by atoms with van der Waals surface area (Å²) in [5.41, 5.74) is 1.84. The summed E-state index contributed by atoms with van der Waals surface area (Å²) in [7, 11) is 0. The SMILES string of the molecule is Cc1ccc(/C=C/C(=O)N2CCC(C(=O)O)C2)cc1Cl. The van der Waals surface area contributed by atoms with E-state index in [9.17, 15) is 9.59 Å². The van der Waals surface area contributed by atoms with Crippen LogP contribution in [0.15, 0.2) is 24.3 Å². The van der Waals surface area contributed by atoms with E-state index in [0.29, 0.717) is 18.0 Å². The molecule has 106 valence electrons. The lowest BCUT2D eigenvalue weighted by Crippen LogP contribution is -2.28. The molecular weight excluding hydrogens is 278 g/mol. The van der Waals surface area contributed by atoms with Gasteiger partial charge in [0.15, 0.2) is 0 Å². The van der Waals surface area contributed by atoms with Crippen LogP contribution in [0, 0.1) is 12.8 Å². The number of amides is 1. The van der Waals surface area contributed by atoms with Gasteiger partial charge in [-0.15, -0.1) is 0 Å². The van der Waals surface area contributed by atoms with Crippen LogP contribution in [0.2, 0.25) is 5.02 Å². The van der Waals surface area contributed by atoms with E-state index in [1.54, 1.807) is 17.0 Å². The summed E-state index contributed by atoms with van der Waals surface area (Å²) >= 11 is 6.02. The van der Waals surface area contributed by atoms with E-state index >= 15 is 0 Å². The lowest BCUT2D eigenvalue weighted by molar-refractivity contribution is -0.141. The molecule has 1 fully saturated rings. The van der Waals surface area contributed by atoms with Crippen LogP contribution < -0.4 is 0 Å². The third-order valence-corrected chi connectivity index (χ3v) is 3.87. The second-order valence-corrected chi connectivity index (χ2v) is 5.36. The Bertz CT molecular complexity index is 568. The summed E-state index contributed by atoms with van der Waals surface area (Å²) in [6.45, 7) is 2.69. The first-order chi connectivity index (χ1) is 9.47. The molecule has 1 atom stereocenters. The highest BCUT2D eigenvalue weighted by atomic mass is 35.5. The normalized spacial score (nSPS) is 18.7. The molecule has 1 N–H and O–H groups in total. The first-order valence-electron chi connectivity index (χ1n) is 6.43. The van der Waals surface area contributed by atoms with Crippen LogP contribution in [0.3, 0.4) is 0 Å². The number of carbonyl (C=O) groups is 2. The third-order valence-electron chi connectivity index (χ3n) is 3.46. The summed E-state index contributed by atoms with van der Waals surface area (Å²) < 4.78 is 0. The predicted octanol–water partition coefficient (Wildman–Crippen LogP) is 2.59. The van der Waals surface area contributed by atoms with E-state index in [1.807, 2.05) is 19.1 Å². The molecule has 1 aromatic rings. The minimum atomic E-state index is -0.838. The molecule has 5 heteroatoms. The molecule has 2 rings (SSSR count). The molecule has 1 aromatic carbocycles. The maximum absolute atomic E-state index is 12.0. The Balaban J connectivity index is 1.99. The largest absolute Gasteiger partial charge is 0.481 e. The Morgan fingerprint density at radius 2 is 2.20 bits per heavy atom. The zero-order chi connectivity index (χ0) is 14.7. The Morgan fingerprint density at radius 1 is 1.45 bits per heavy atom. The fourth-order valence-electron chi connectivity index (χ4n) is 2.15. The van der Waals surface area contributed by atoms with Crippen LogP contribution in [-0.4, -0.2) is 35.0 Å². The minimum Gasteiger partial charge on any atom is -0.481 e. The molecule has 0 bridgehead atoms. The van der Waals surface area contributed by atoms with E-state index in [-0.39, 0.29) is 12.5 Å². The van der Waals surface area contributed by atoms with Crippen molar-refractivity contribution in [2.45, 2.75) is 13.3 Å². The number of carboxylic acids is 1. The van der Waals surface area contributed by atoms with Crippen LogP contribution in [-0.2, 0) is 9.59 Å². The number of likely N-dealkylation sites (tertiary alicyclic amines) is 1. The monoisotopic (exact) mass is 293 g/mol. The molecule has 1 unspecified atom stereocenters. The number of aryl methyl sites for hydroxylation is 1. The van der Waals surface area contributed by atoms with Gasteiger partial charge in [0, 0.05) is 24.2 Å².